The summed E-state index contributed by atoms with van der Waals surface area (Å²) in [5.41, 5.74) is 0.328. The van der Waals surface area contributed by atoms with Crippen LogP contribution in [0.3, 0.4) is 0 Å². The van der Waals surface area contributed by atoms with Crippen molar-refractivity contribution in [1.29, 1.82) is 0 Å². The molecular weight excluding hydrogens is 425 g/mol. The van der Waals surface area contributed by atoms with E-state index in [0.717, 1.165) is 4.31 Å². The van der Waals surface area contributed by atoms with Gasteiger partial charge in [-0.3, -0.25) is 0 Å². The maximum Gasteiger partial charge on any atom is 0.244 e. The summed E-state index contributed by atoms with van der Waals surface area (Å²) in [5.74, 6) is -0.423. The predicted molar refractivity (Wildman–Crippen MR) is 86.9 cm³/mol. The van der Waals surface area contributed by atoms with Crippen molar-refractivity contribution in [3.63, 3.8) is 0 Å². The molecule has 0 unspecified atom stereocenters. The zero-order chi connectivity index (χ0) is 15.6. The minimum atomic E-state index is -3.72. The summed E-state index contributed by atoms with van der Waals surface area (Å²) in [5, 5.41) is 0. The van der Waals surface area contributed by atoms with Crippen molar-refractivity contribution in [3.8, 4) is 0 Å². The molecule has 0 saturated carbocycles. The maximum absolute atomic E-state index is 13.6. The lowest BCUT2D eigenvalue weighted by Crippen LogP contribution is -2.27. The topological polar surface area (TPSA) is 37.4 Å². The molecule has 0 aliphatic rings. The Labute approximate surface area is 140 Å². The minimum absolute atomic E-state index is 0.0338. The summed E-state index contributed by atoms with van der Waals surface area (Å²) >= 11 is 6.49. The number of nitrogens with zero attached hydrogens (tertiary/aromatic N) is 1. The van der Waals surface area contributed by atoms with Crippen molar-refractivity contribution in [2.24, 2.45) is 0 Å². The van der Waals surface area contributed by atoms with Crippen molar-refractivity contribution in [1.82, 2.24) is 4.31 Å². The van der Waals surface area contributed by atoms with Gasteiger partial charge in [-0.05, 0) is 40.2 Å². The second-order valence-electron chi connectivity index (χ2n) is 4.43. The average Bonchev–Trinajstić information content (AvgIpc) is 2.43. The quantitative estimate of drug-likeness (QED) is 0.721. The van der Waals surface area contributed by atoms with Gasteiger partial charge < -0.3 is 0 Å². The van der Waals surface area contributed by atoms with Crippen LogP contribution in [0.15, 0.2) is 56.3 Å². The van der Waals surface area contributed by atoms with E-state index in [1.165, 1.54) is 19.2 Å². The molecule has 0 aliphatic carbocycles. The van der Waals surface area contributed by atoms with E-state index < -0.39 is 15.8 Å². The van der Waals surface area contributed by atoms with Crippen molar-refractivity contribution in [3.05, 3.63) is 62.8 Å². The van der Waals surface area contributed by atoms with Crippen LogP contribution < -0.4 is 0 Å². The van der Waals surface area contributed by atoms with E-state index in [4.69, 9.17) is 0 Å². The Kier molecular flexibility index (Phi) is 5.19. The number of halogens is 3. The zero-order valence-corrected chi connectivity index (χ0v) is 15.0. The number of hydrogen-bond acceptors (Lipinski definition) is 2. The zero-order valence-electron chi connectivity index (χ0n) is 11.1. The smallest absolute Gasteiger partial charge is 0.207 e. The SMILES string of the molecule is CN(Cc1ccccc1F)S(=O)(=O)c1cc(Br)ccc1Br. The molecular formula is C14H12Br2FNO2S. The van der Waals surface area contributed by atoms with Crippen LogP contribution in [0.5, 0.6) is 0 Å². The fourth-order valence-corrected chi connectivity index (χ4v) is 4.40. The molecule has 0 radical (unpaired) electrons. The van der Waals surface area contributed by atoms with Crippen LogP contribution in [-0.2, 0) is 16.6 Å². The Morgan fingerprint density at radius 3 is 2.48 bits per heavy atom. The fraction of sp³-hybridized carbons (Fsp3) is 0.143. The molecule has 21 heavy (non-hydrogen) atoms. The molecule has 2 aromatic carbocycles. The highest BCUT2D eigenvalue weighted by atomic mass is 79.9. The highest BCUT2D eigenvalue weighted by Gasteiger charge is 2.24. The second kappa shape index (κ2) is 6.56. The second-order valence-corrected chi connectivity index (χ2v) is 8.21. The third-order valence-electron chi connectivity index (χ3n) is 2.93. The van der Waals surface area contributed by atoms with Gasteiger partial charge in [-0.25, -0.2) is 12.8 Å². The van der Waals surface area contributed by atoms with Gasteiger partial charge in [-0.15, -0.1) is 0 Å². The molecule has 0 aromatic heterocycles. The molecule has 0 bridgehead atoms. The fourth-order valence-electron chi connectivity index (χ4n) is 1.79. The highest BCUT2D eigenvalue weighted by Crippen LogP contribution is 2.28. The molecule has 0 fully saturated rings. The summed E-state index contributed by atoms with van der Waals surface area (Å²) in [6.45, 7) is -0.0338. The molecule has 2 aromatic rings. The van der Waals surface area contributed by atoms with Crippen molar-refractivity contribution in [2.45, 2.75) is 11.4 Å². The van der Waals surface area contributed by atoms with Gasteiger partial charge in [0.15, 0.2) is 0 Å². The maximum atomic E-state index is 13.6. The van der Waals surface area contributed by atoms with Crippen molar-refractivity contribution < 1.29 is 12.8 Å². The molecule has 2 rings (SSSR count). The van der Waals surface area contributed by atoms with Crippen molar-refractivity contribution >= 4 is 41.9 Å². The average molecular weight is 437 g/mol. The van der Waals surface area contributed by atoms with Gasteiger partial charge in [0.25, 0.3) is 0 Å². The summed E-state index contributed by atoms with van der Waals surface area (Å²) < 4.78 is 41.0. The third kappa shape index (κ3) is 3.71. The Morgan fingerprint density at radius 1 is 1.14 bits per heavy atom. The van der Waals surface area contributed by atoms with E-state index in [1.54, 1.807) is 30.3 Å². The van der Waals surface area contributed by atoms with E-state index in [-0.39, 0.29) is 11.4 Å². The van der Waals surface area contributed by atoms with Gasteiger partial charge in [0.2, 0.25) is 10.0 Å². The lowest BCUT2D eigenvalue weighted by Gasteiger charge is -2.18. The normalized spacial score (nSPS) is 11.9. The number of benzene rings is 2. The molecule has 0 amide bonds. The number of hydrogen-bond donors (Lipinski definition) is 0. The van der Waals surface area contributed by atoms with Crippen LogP contribution in [0.25, 0.3) is 0 Å². The van der Waals surface area contributed by atoms with E-state index >= 15 is 0 Å². The molecule has 0 atom stereocenters. The Bertz CT molecular complexity index is 765. The Morgan fingerprint density at radius 2 is 1.81 bits per heavy atom. The summed E-state index contributed by atoms with van der Waals surface area (Å²) in [6, 6.07) is 11.0. The molecule has 7 heteroatoms. The summed E-state index contributed by atoms with van der Waals surface area (Å²) in [6.07, 6.45) is 0. The van der Waals surface area contributed by atoms with Gasteiger partial charge in [0, 0.05) is 28.1 Å². The van der Waals surface area contributed by atoms with Crippen LogP contribution in [0.1, 0.15) is 5.56 Å². The first kappa shape index (κ1) is 16.6. The molecule has 0 N–H and O–H groups in total. The Hall–Kier alpha value is -0.760. The number of rotatable bonds is 4. The molecule has 0 heterocycles. The van der Waals surface area contributed by atoms with E-state index in [9.17, 15) is 12.8 Å². The lowest BCUT2D eigenvalue weighted by molar-refractivity contribution is 0.456. The largest absolute Gasteiger partial charge is 0.244 e. The molecule has 0 spiro atoms. The van der Waals surface area contributed by atoms with Gasteiger partial charge in [0.1, 0.15) is 5.82 Å². The van der Waals surface area contributed by atoms with Crippen LogP contribution in [0, 0.1) is 5.82 Å². The molecule has 0 saturated heterocycles. The first-order valence-corrected chi connectivity index (χ1v) is 9.00. The van der Waals surface area contributed by atoms with Crippen LogP contribution >= 0.6 is 31.9 Å². The van der Waals surface area contributed by atoms with Gasteiger partial charge in [-0.2, -0.15) is 4.31 Å². The Balaban J connectivity index is 2.35. The molecule has 3 nitrogen and oxygen atoms in total. The minimum Gasteiger partial charge on any atom is -0.207 e. The van der Waals surface area contributed by atoms with Crippen molar-refractivity contribution in [2.75, 3.05) is 7.05 Å². The molecule has 112 valence electrons. The van der Waals surface area contributed by atoms with Crippen LogP contribution in [-0.4, -0.2) is 19.8 Å². The van der Waals surface area contributed by atoms with Crippen LogP contribution in [0.4, 0.5) is 4.39 Å². The molecule has 0 aliphatic heterocycles. The van der Waals surface area contributed by atoms with E-state index in [0.29, 0.717) is 14.5 Å². The predicted octanol–water partition coefficient (Wildman–Crippen LogP) is 4.17. The van der Waals surface area contributed by atoms with Gasteiger partial charge in [-0.1, -0.05) is 34.1 Å². The highest BCUT2D eigenvalue weighted by molar-refractivity contribution is 9.11. The number of sulfonamides is 1. The summed E-state index contributed by atoms with van der Waals surface area (Å²) in [4.78, 5) is 0.135. The van der Waals surface area contributed by atoms with E-state index in [2.05, 4.69) is 31.9 Å². The third-order valence-corrected chi connectivity index (χ3v) is 6.22. The van der Waals surface area contributed by atoms with Crippen LogP contribution in [0.2, 0.25) is 0 Å². The first-order chi connectivity index (χ1) is 9.82. The first-order valence-electron chi connectivity index (χ1n) is 5.97. The van der Waals surface area contributed by atoms with Gasteiger partial charge in [0.05, 0.1) is 4.90 Å². The van der Waals surface area contributed by atoms with Gasteiger partial charge >= 0.3 is 0 Å². The monoisotopic (exact) mass is 435 g/mol. The standard InChI is InChI=1S/C14H12Br2FNO2S/c1-18(9-10-4-2-3-5-13(10)17)21(19,20)14-8-11(15)6-7-12(14)16/h2-8H,9H2,1H3. The summed E-state index contributed by atoms with van der Waals surface area (Å²) in [7, 11) is -2.29. The lowest BCUT2D eigenvalue weighted by atomic mass is 10.2. The van der Waals surface area contributed by atoms with E-state index in [1.807, 2.05) is 0 Å².